The summed E-state index contributed by atoms with van der Waals surface area (Å²) < 4.78 is 0. The summed E-state index contributed by atoms with van der Waals surface area (Å²) >= 11 is 6.27. The highest BCUT2D eigenvalue weighted by Crippen LogP contribution is 2.30. The highest BCUT2D eigenvalue weighted by atomic mass is 35.5. The molecule has 0 bridgehead atoms. The Morgan fingerprint density at radius 1 is 1.10 bits per heavy atom. The molecule has 150 valence electrons. The van der Waals surface area contributed by atoms with E-state index in [1.165, 1.54) is 6.07 Å². The number of piperazine rings is 1. The number of anilines is 2. The van der Waals surface area contributed by atoms with Crippen LogP contribution >= 0.6 is 11.6 Å². The number of non-ortho nitro benzene ring substituents is 2. The lowest BCUT2D eigenvalue weighted by molar-refractivity contribution is -0.394. The molecule has 0 unspecified atom stereocenters. The van der Waals surface area contributed by atoms with Gasteiger partial charge in [0.15, 0.2) is 0 Å². The van der Waals surface area contributed by atoms with E-state index in [0.717, 1.165) is 18.2 Å². The van der Waals surface area contributed by atoms with Gasteiger partial charge in [-0.1, -0.05) is 11.6 Å². The van der Waals surface area contributed by atoms with Gasteiger partial charge in [0.1, 0.15) is 0 Å². The van der Waals surface area contributed by atoms with E-state index in [4.69, 9.17) is 11.6 Å². The highest BCUT2D eigenvalue weighted by Gasteiger charge is 2.21. The fourth-order valence-corrected chi connectivity index (χ4v) is 3.13. The van der Waals surface area contributed by atoms with Crippen molar-refractivity contribution in [1.82, 2.24) is 5.32 Å². The van der Waals surface area contributed by atoms with Crippen molar-refractivity contribution in [3.8, 4) is 0 Å². The second kappa shape index (κ2) is 8.10. The predicted molar refractivity (Wildman–Crippen MR) is 104 cm³/mol. The molecule has 3 rings (SSSR count). The number of benzene rings is 2. The van der Waals surface area contributed by atoms with E-state index in [2.05, 4.69) is 10.6 Å². The summed E-state index contributed by atoms with van der Waals surface area (Å²) in [6, 6.07) is 7.32. The first-order valence-electron chi connectivity index (χ1n) is 8.31. The number of nitro groups is 2. The second-order valence-corrected chi connectivity index (χ2v) is 6.55. The Morgan fingerprint density at radius 3 is 2.31 bits per heavy atom. The maximum Gasteiger partial charge on any atom is 0.277 e. The Balaban J connectivity index is 1.82. The zero-order valence-corrected chi connectivity index (χ0v) is 15.5. The van der Waals surface area contributed by atoms with Crippen molar-refractivity contribution in [2.24, 2.45) is 0 Å². The Morgan fingerprint density at radius 2 is 1.76 bits per heavy atom. The number of rotatable bonds is 5. The van der Waals surface area contributed by atoms with Gasteiger partial charge >= 0.3 is 0 Å². The van der Waals surface area contributed by atoms with E-state index in [1.54, 1.807) is 17.0 Å². The average molecular weight is 420 g/mol. The fraction of sp³-hybridized carbons (Fsp3) is 0.176. The van der Waals surface area contributed by atoms with Gasteiger partial charge < -0.3 is 15.5 Å². The number of amides is 2. The summed E-state index contributed by atoms with van der Waals surface area (Å²) in [4.78, 5) is 46.1. The quantitative estimate of drug-likeness (QED) is 0.558. The van der Waals surface area contributed by atoms with Gasteiger partial charge in [-0.25, -0.2) is 0 Å². The van der Waals surface area contributed by atoms with Crippen LogP contribution < -0.4 is 15.5 Å². The van der Waals surface area contributed by atoms with Gasteiger partial charge in [-0.2, -0.15) is 0 Å². The predicted octanol–water partition coefficient (Wildman–Crippen LogP) is 2.34. The van der Waals surface area contributed by atoms with Crippen molar-refractivity contribution in [2.75, 3.05) is 29.9 Å². The molecule has 12 heteroatoms. The molecule has 1 fully saturated rings. The largest absolute Gasteiger partial charge is 0.359 e. The fourth-order valence-electron chi connectivity index (χ4n) is 2.83. The van der Waals surface area contributed by atoms with E-state index < -0.39 is 27.1 Å². The number of nitrogens with one attached hydrogen (secondary N) is 2. The molecular weight excluding hydrogens is 406 g/mol. The summed E-state index contributed by atoms with van der Waals surface area (Å²) in [6.45, 7) is 1.22. The standard InChI is InChI=1S/C17H14ClN5O6/c18-14-7-11(1-2-15(14)21-4-3-19-16(24)9-21)20-17(25)10-5-12(22(26)27)8-13(6-10)23(28)29/h1-2,5-8H,3-4,9H2,(H,19,24)(H,20,25). The monoisotopic (exact) mass is 419 g/mol. The highest BCUT2D eigenvalue weighted by molar-refractivity contribution is 6.33. The molecule has 0 atom stereocenters. The molecule has 1 aliphatic heterocycles. The number of nitrogens with zero attached hydrogens (tertiary/aromatic N) is 3. The van der Waals surface area contributed by atoms with Crippen LogP contribution in [0.3, 0.4) is 0 Å². The van der Waals surface area contributed by atoms with Crippen LogP contribution in [-0.2, 0) is 4.79 Å². The molecule has 1 saturated heterocycles. The van der Waals surface area contributed by atoms with Crippen LogP contribution in [0.4, 0.5) is 22.7 Å². The Bertz CT molecular complexity index is 995. The molecule has 11 nitrogen and oxygen atoms in total. The number of nitro benzene ring substituents is 2. The summed E-state index contributed by atoms with van der Waals surface area (Å²) in [5.41, 5.74) is -0.467. The van der Waals surface area contributed by atoms with E-state index >= 15 is 0 Å². The van der Waals surface area contributed by atoms with Crippen LogP contribution in [0.1, 0.15) is 10.4 Å². The molecule has 2 N–H and O–H groups in total. The van der Waals surface area contributed by atoms with Crippen LogP contribution in [0, 0.1) is 20.2 Å². The zero-order valence-electron chi connectivity index (χ0n) is 14.8. The van der Waals surface area contributed by atoms with Crippen LogP contribution in [-0.4, -0.2) is 41.3 Å². The van der Waals surface area contributed by atoms with E-state index in [0.29, 0.717) is 29.5 Å². The van der Waals surface area contributed by atoms with Gasteiger partial charge in [0.2, 0.25) is 5.91 Å². The number of hydrogen-bond donors (Lipinski definition) is 2. The van der Waals surface area contributed by atoms with Crippen molar-refractivity contribution >= 4 is 46.2 Å². The van der Waals surface area contributed by atoms with Crippen LogP contribution in [0.5, 0.6) is 0 Å². The molecule has 0 aromatic heterocycles. The Kier molecular flexibility index (Phi) is 5.59. The summed E-state index contributed by atoms with van der Waals surface area (Å²) in [7, 11) is 0. The molecule has 1 heterocycles. The molecule has 0 saturated carbocycles. The van der Waals surface area contributed by atoms with Gasteiger partial charge in [-0.05, 0) is 18.2 Å². The molecule has 2 aromatic carbocycles. The number of hydrogen-bond acceptors (Lipinski definition) is 7. The topological polar surface area (TPSA) is 148 Å². The lowest BCUT2D eigenvalue weighted by Gasteiger charge is -2.29. The smallest absolute Gasteiger partial charge is 0.277 e. The Hall–Kier alpha value is -3.73. The summed E-state index contributed by atoms with van der Waals surface area (Å²) in [6.07, 6.45) is 0. The van der Waals surface area contributed by atoms with Gasteiger partial charge in [0.05, 0.1) is 38.7 Å². The van der Waals surface area contributed by atoms with Crippen molar-refractivity contribution < 1.29 is 19.4 Å². The van der Waals surface area contributed by atoms with Crippen LogP contribution in [0.15, 0.2) is 36.4 Å². The third-order valence-corrected chi connectivity index (χ3v) is 4.47. The minimum Gasteiger partial charge on any atom is -0.359 e. The lowest BCUT2D eigenvalue weighted by Crippen LogP contribution is -2.47. The molecule has 0 spiro atoms. The zero-order chi connectivity index (χ0) is 21.1. The van der Waals surface area contributed by atoms with E-state index in [1.807, 2.05) is 0 Å². The van der Waals surface area contributed by atoms with Gasteiger partial charge in [0.25, 0.3) is 17.3 Å². The van der Waals surface area contributed by atoms with Crippen molar-refractivity contribution in [1.29, 1.82) is 0 Å². The third-order valence-electron chi connectivity index (χ3n) is 4.17. The van der Waals surface area contributed by atoms with Crippen molar-refractivity contribution in [3.63, 3.8) is 0 Å². The van der Waals surface area contributed by atoms with E-state index in [-0.39, 0.29) is 18.0 Å². The lowest BCUT2D eigenvalue weighted by atomic mass is 10.1. The second-order valence-electron chi connectivity index (χ2n) is 6.14. The first-order chi connectivity index (χ1) is 13.7. The molecule has 29 heavy (non-hydrogen) atoms. The molecule has 2 aromatic rings. The minimum atomic E-state index is -0.815. The molecule has 0 radical (unpaired) electrons. The molecule has 2 amide bonds. The first-order valence-corrected chi connectivity index (χ1v) is 8.69. The molecular formula is C17H14ClN5O6. The average Bonchev–Trinajstić information content (AvgIpc) is 2.67. The SMILES string of the molecule is O=C1CN(c2ccc(NC(=O)c3cc([N+](=O)[O-])cc([N+](=O)[O-])c3)cc2Cl)CCN1. The number of halogens is 1. The third kappa shape index (κ3) is 4.58. The molecule has 0 aliphatic carbocycles. The van der Waals surface area contributed by atoms with Gasteiger partial charge in [-0.15, -0.1) is 0 Å². The summed E-state index contributed by atoms with van der Waals surface area (Å²) in [5.74, 6) is -0.894. The van der Waals surface area contributed by atoms with Crippen LogP contribution in [0.2, 0.25) is 5.02 Å². The van der Waals surface area contributed by atoms with Crippen LogP contribution in [0.25, 0.3) is 0 Å². The number of carbonyl (C=O) groups excluding carboxylic acids is 2. The van der Waals surface area contributed by atoms with Gasteiger partial charge in [-0.3, -0.25) is 29.8 Å². The number of carbonyl (C=O) groups is 2. The normalized spacial score (nSPS) is 13.6. The Labute approximate surface area is 168 Å². The molecule has 1 aliphatic rings. The minimum absolute atomic E-state index is 0.128. The van der Waals surface area contributed by atoms with Gasteiger partial charge in [0, 0.05) is 30.9 Å². The summed E-state index contributed by atoms with van der Waals surface area (Å²) in [5, 5.41) is 27.4. The first kappa shape index (κ1) is 20.0. The maximum atomic E-state index is 12.4. The maximum absolute atomic E-state index is 12.4. The van der Waals surface area contributed by atoms with E-state index in [9.17, 15) is 29.8 Å². The van der Waals surface area contributed by atoms with Crippen molar-refractivity contribution in [2.45, 2.75) is 0 Å². The van der Waals surface area contributed by atoms with Crippen molar-refractivity contribution in [3.05, 3.63) is 67.2 Å².